The maximum Gasteiger partial charge on any atom is 0.142 e. The van der Waals surface area contributed by atoms with Crippen molar-refractivity contribution < 1.29 is 4.79 Å². The van der Waals surface area contributed by atoms with Gasteiger partial charge in [0.05, 0.1) is 0 Å². The Morgan fingerprint density at radius 3 is 2.46 bits per heavy atom. The molecule has 0 aromatic carbocycles. The zero-order chi connectivity index (χ0) is 9.84. The molecule has 2 unspecified atom stereocenters. The highest BCUT2D eigenvalue weighted by Crippen LogP contribution is 2.23. The number of Topliss-reactive ketones (excluding diaryl/α,β-unsaturated/α-hetero) is 1. The number of carbonyl (C=O) groups excluding carboxylic acids is 1. The fourth-order valence-electron chi connectivity index (χ4n) is 1.93. The molecular formula is C11H19NO. The van der Waals surface area contributed by atoms with Crippen molar-refractivity contribution in [3.05, 3.63) is 12.2 Å². The summed E-state index contributed by atoms with van der Waals surface area (Å²) in [5, 5.41) is 0. The zero-order valence-corrected chi connectivity index (χ0v) is 8.49. The molecule has 2 N–H and O–H groups in total. The third kappa shape index (κ3) is 2.41. The summed E-state index contributed by atoms with van der Waals surface area (Å²) < 4.78 is 0. The van der Waals surface area contributed by atoms with E-state index in [9.17, 15) is 4.79 Å². The highest BCUT2D eigenvalue weighted by Gasteiger charge is 2.26. The molecule has 0 aromatic heterocycles. The number of allylic oxidation sites excluding steroid dienone is 1. The van der Waals surface area contributed by atoms with Gasteiger partial charge in [-0.05, 0) is 19.3 Å². The van der Waals surface area contributed by atoms with E-state index in [-0.39, 0.29) is 17.9 Å². The number of ketones is 1. The van der Waals surface area contributed by atoms with Crippen LogP contribution in [0.3, 0.4) is 0 Å². The van der Waals surface area contributed by atoms with Crippen molar-refractivity contribution in [3.63, 3.8) is 0 Å². The molecule has 0 spiro atoms. The summed E-state index contributed by atoms with van der Waals surface area (Å²) in [6.45, 7) is 4.15. The SMILES string of the molecule is CCC(CC)C(=O)C1C=CC(N)C1. The Hall–Kier alpha value is -0.630. The van der Waals surface area contributed by atoms with Gasteiger partial charge in [0.25, 0.3) is 0 Å². The lowest BCUT2D eigenvalue weighted by atomic mass is 9.88. The van der Waals surface area contributed by atoms with E-state index in [0.29, 0.717) is 5.78 Å². The van der Waals surface area contributed by atoms with Crippen LogP contribution in [0.2, 0.25) is 0 Å². The number of carbonyl (C=O) groups is 1. The van der Waals surface area contributed by atoms with Crippen molar-refractivity contribution in [3.8, 4) is 0 Å². The van der Waals surface area contributed by atoms with E-state index in [4.69, 9.17) is 5.73 Å². The van der Waals surface area contributed by atoms with Gasteiger partial charge in [-0.25, -0.2) is 0 Å². The van der Waals surface area contributed by atoms with E-state index in [0.717, 1.165) is 19.3 Å². The second-order valence-corrected chi connectivity index (χ2v) is 3.81. The fourth-order valence-corrected chi connectivity index (χ4v) is 1.93. The molecule has 1 rings (SSSR count). The Kier molecular flexibility index (Phi) is 3.67. The van der Waals surface area contributed by atoms with Gasteiger partial charge in [0.1, 0.15) is 5.78 Å². The van der Waals surface area contributed by atoms with Crippen molar-refractivity contribution in [2.75, 3.05) is 0 Å². The van der Waals surface area contributed by atoms with E-state index < -0.39 is 0 Å². The van der Waals surface area contributed by atoms with Crippen LogP contribution in [0.4, 0.5) is 0 Å². The molecular weight excluding hydrogens is 162 g/mol. The molecule has 0 fully saturated rings. The summed E-state index contributed by atoms with van der Waals surface area (Å²) in [6.07, 6.45) is 6.65. The molecule has 2 heteroatoms. The summed E-state index contributed by atoms with van der Waals surface area (Å²) in [6, 6.07) is 0.100. The van der Waals surface area contributed by atoms with Crippen LogP contribution < -0.4 is 5.73 Å². The van der Waals surface area contributed by atoms with Crippen molar-refractivity contribution in [2.24, 2.45) is 17.6 Å². The van der Waals surface area contributed by atoms with Gasteiger partial charge >= 0.3 is 0 Å². The average Bonchev–Trinajstić information content (AvgIpc) is 2.54. The first-order valence-electron chi connectivity index (χ1n) is 5.16. The molecule has 2 nitrogen and oxygen atoms in total. The predicted octanol–water partition coefficient (Wildman–Crippen LogP) is 1.90. The molecule has 1 aliphatic rings. The molecule has 2 atom stereocenters. The predicted molar refractivity (Wildman–Crippen MR) is 54.3 cm³/mol. The highest BCUT2D eigenvalue weighted by molar-refractivity contribution is 5.85. The minimum atomic E-state index is 0.0971. The molecule has 0 saturated carbocycles. The first kappa shape index (κ1) is 10.5. The van der Waals surface area contributed by atoms with Gasteiger partial charge in [0, 0.05) is 17.9 Å². The number of hydrogen-bond acceptors (Lipinski definition) is 2. The molecule has 0 bridgehead atoms. The molecule has 1 aliphatic carbocycles. The van der Waals surface area contributed by atoms with Crippen LogP contribution in [0.15, 0.2) is 12.2 Å². The average molecular weight is 181 g/mol. The number of hydrogen-bond donors (Lipinski definition) is 1. The summed E-state index contributed by atoms with van der Waals surface area (Å²) in [5.41, 5.74) is 5.71. The Morgan fingerprint density at radius 2 is 2.08 bits per heavy atom. The molecule has 0 saturated heterocycles. The topological polar surface area (TPSA) is 43.1 Å². The summed E-state index contributed by atoms with van der Waals surface area (Å²) in [5.74, 6) is 0.717. The Balaban J connectivity index is 2.53. The summed E-state index contributed by atoms with van der Waals surface area (Å²) in [7, 11) is 0. The van der Waals surface area contributed by atoms with Gasteiger partial charge in [-0.3, -0.25) is 4.79 Å². The van der Waals surface area contributed by atoms with Crippen LogP contribution >= 0.6 is 0 Å². The molecule has 74 valence electrons. The Morgan fingerprint density at radius 1 is 1.46 bits per heavy atom. The molecule has 0 heterocycles. The molecule has 13 heavy (non-hydrogen) atoms. The minimum Gasteiger partial charge on any atom is -0.324 e. The van der Waals surface area contributed by atoms with E-state index in [1.807, 2.05) is 12.2 Å². The van der Waals surface area contributed by atoms with Gasteiger partial charge in [-0.2, -0.15) is 0 Å². The van der Waals surface area contributed by atoms with Crippen LogP contribution in [-0.2, 0) is 4.79 Å². The summed E-state index contributed by atoms with van der Waals surface area (Å²) >= 11 is 0. The highest BCUT2D eigenvalue weighted by atomic mass is 16.1. The van der Waals surface area contributed by atoms with Crippen molar-refractivity contribution in [2.45, 2.75) is 39.2 Å². The van der Waals surface area contributed by atoms with Crippen LogP contribution in [0, 0.1) is 11.8 Å². The van der Waals surface area contributed by atoms with Gasteiger partial charge < -0.3 is 5.73 Å². The third-order valence-corrected chi connectivity index (χ3v) is 2.87. The van der Waals surface area contributed by atoms with Gasteiger partial charge in [0.15, 0.2) is 0 Å². The molecule has 0 aliphatic heterocycles. The largest absolute Gasteiger partial charge is 0.324 e. The van der Waals surface area contributed by atoms with Crippen molar-refractivity contribution in [1.82, 2.24) is 0 Å². The second-order valence-electron chi connectivity index (χ2n) is 3.81. The lowest BCUT2D eigenvalue weighted by molar-refractivity contribution is -0.125. The normalized spacial score (nSPS) is 27.1. The molecule has 0 amide bonds. The standard InChI is InChI=1S/C11H19NO/c1-3-8(4-2)11(13)9-5-6-10(12)7-9/h5-6,8-10H,3-4,7,12H2,1-2H3. The lowest BCUT2D eigenvalue weighted by Gasteiger charge is -2.15. The zero-order valence-electron chi connectivity index (χ0n) is 8.49. The third-order valence-electron chi connectivity index (χ3n) is 2.87. The van der Waals surface area contributed by atoms with Gasteiger partial charge in [-0.15, -0.1) is 0 Å². The van der Waals surface area contributed by atoms with E-state index in [2.05, 4.69) is 13.8 Å². The maximum atomic E-state index is 11.8. The quantitative estimate of drug-likeness (QED) is 0.673. The maximum absolute atomic E-state index is 11.8. The second kappa shape index (κ2) is 4.56. The Bertz CT molecular complexity index is 206. The number of nitrogens with two attached hydrogens (primary N) is 1. The Labute approximate surface area is 80.2 Å². The van der Waals surface area contributed by atoms with Crippen LogP contribution in [0.1, 0.15) is 33.1 Å². The molecule has 0 radical (unpaired) electrons. The van der Waals surface area contributed by atoms with E-state index in [1.165, 1.54) is 0 Å². The van der Waals surface area contributed by atoms with Crippen molar-refractivity contribution in [1.29, 1.82) is 0 Å². The minimum absolute atomic E-state index is 0.0971. The monoisotopic (exact) mass is 181 g/mol. The van der Waals surface area contributed by atoms with E-state index in [1.54, 1.807) is 0 Å². The van der Waals surface area contributed by atoms with E-state index >= 15 is 0 Å². The summed E-state index contributed by atoms with van der Waals surface area (Å²) in [4.78, 5) is 11.8. The number of rotatable bonds is 4. The lowest BCUT2D eigenvalue weighted by Crippen LogP contribution is -2.24. The van der Waals surface area contributed by atoms with Gasteiger partial charge in [-0.1, -0.05) is 26.0 Å². The van der Waals surface area contributed by atoms with Crippen LogP contribution in [0.25, 0.3) is 0 Å². The first-order chi connectivity index (χ1) is 6.19. The van der Waals surface area contributed by atoms with Gasteiger partial charge in [0.2, 0.25) is 0 Å². The van der Waals surface area contributed by atoms with Crippen molar-refractivity contribution >= 4 is 5.78 Å². The van der Waals surface area contributed by atoms with Crippen LogP contribution in [0.5, 0.6) is 0 Å². The molecule has 0 aromatic rings. The van der Waals surface area contributed by atoms with Crippen LogP contribution in [-0.4, -0.2) is 11.8 Å². The first-order valence-corrected chi connectivity index (χ1v) is 5.16. The smallest absolute Gasteiger partial charge is 0.142 e. The fraction of sp³-hybridized carbons (Fsp3) is 0.727.